The highest BCUT2D eigenvalue weighted by molar-refractivity contribution is 7.80. The van der Waals surface area contributed by atoms with Crippen LogP contribution < -0.4 is 9.47 Å². The van der Waals surface area contributed by atoms with Crippen LogP contribution in [0.4, 0.5) is 0 Å². The first-order valence-electron chi connectivity index (χ1n) is 9.17. The molecule has 2 rings (SSSR count). The summed E-state index contributed by atoms with van der Waals surface area (Å²) in [4.78, 5) is 39.3. The monoisotopic (exact) mass is 432 g/mol. The van der Waals surface area contributed by atoms with Gasteiger partial charge >= 0.3 is 5.97 Å². The molecule has 0 aliphatic carbocycles. The van der Waals surface area contributed by atoms with Gasteiger partial charge in [0.05, 0.1) is 13.7 Å². The number of thiocarbonyl (C=S) groups is 1. The van der Waals surface area contributed by atoms with Crippen LogP contribution in [-0.4, -0.2) is 67.1 Å². The number of nitrogens with zero attached hydrogens (tertiary/aromatic N) is 2. The Balaban J connectivity index is 2.47. The smallest absolute Gasteiger partial charge is 0.344 e. The molecule has 0 unspecified atom stereocenters. The third-order valence-electron chi connectivity index (χ3n) is 4.33. The van der Waals surface area contributed by atoms with Crippen molar-refractivity contribution in [1.82, 2.24) is 9.80 Å². The van der Waals surface area contributed by atoms with Crippen LogP contribution >= 0.6 is 12.2 Å². The minimum atomic E-state index is -0.504. The summed E-state index contributed by atoms with van der Waals surface area (Å²) in [6.07, 6.45) is 3.56. The lowest BCUT2D eigenvalue weighted by Crippen LogP contribution is -2.52. The minimum absolute atomic E-state index is 0.0274. The van der Waals surface area contributed by atoms with Crippen LogP contribution in [0.15, 0.2) is 30.4 Å². The molecule has 1 fully saturated rings. The fourth-order valence-electron chi connectivity index (χ4n) is 2.86. The molecule has 1 saturated heterocycles. The summed E-state index contributed by atoms with van der Waals surface area (Å²) in [6.45, 7) is 5.41. The normalized spacial score (nSPS) is 14.0. The van der Waals surface area contributed by atoms with E-state index >= 15 is 0 Å². The van der Waals surface area contributed by atoms with Crippen LogP contribution in [0.25, 0.3) is 6.08 Å². The highest BCUT2D eigenvalue weighted by atomic mass is 32.1. The van der Waals surface area contributed by atoms with E-state index in [1.807, 2.05) is 0 Å². The number of hydrogen-bond donors (Lipinski definition) is 0. The fourth-order valence-corrected chi connectivity index (χ4v) is 3.03. The van der Waals surface area contributed by atoms with E-state index in [9.17, 15) is 14.4 Å². The molecule has 0 atom stereocenters. The summed E-state index contributed by atoms with van der Waals surface area (Å²) < 4.78 is 15.9. The highest BCUT2D eigenvalue weighted by Crippen LogP contribution is 2.34. The molecule has 160 valence electrons. The molecule has 0 spiro atoms. The van der Waals surface area contributed by atoms with Crippen LogP contribution in [0.1, 0.15) is 18.1 Å². The first kappa shape index (κ1) is 23.1. The number of hydrogen-bond acceptors (Lipinski definition) is 7. The lowest BCUT2D eigenvalue weighted by molar-refractivity contribution is -0.145. The second-order valence-electron chi connectivity index (χ2n) is 6.37. The van der Waals surface area contributed by atoms with E-state index in [1.54, 1.807) is 25.1 Å². The Hall–Kier alpha value is -3.20. The number of ether oxygens (including phenoxy) is 3. The molecule has 1 aliphatic rings. The molecular weight excluding hydrogens is 408 g/mol. The van der Waals surface area contributed by atoms with E-state index in [2.05, 4.69) is 6.58 Å². The molecule has 9 heteroatoms. The first-order chi connectivity index (χ1) is 14.2. The molecule has 0 radical (unpaired) electrons. The van der Waals surface area contributed by atoms with E-state index in [-0.39, 0.29) is 23.9 Å². The zero-order valence-electron chi connectivity index (χ0n) is 17.4. The van der Waals surface area contributed by atoms with Gasteiger partial charge in [-0.2, -0.15) is 0 Å². The Kier molecular flexibility index (Phi) is 7.71. The van der Waals surface area contributed by atoms with Gasteiger partial charge in [0, 0.05) is 19.7 Å². The van der Waals surface area contributed by atoms with E-state index in [4.69, 9.17) is 26.4 Å². The van der Waals surface area contributed by atoms with Gasteiger partial charge in [0.15, 0.2) is 23.2 Å². The number of rotatable bonds is 8. The number of benzene rings is 1. The number of carbonyl (C=O) groups is 3. The maximum atomic E-state index is 12.6. The Morgan fingerprint density at radius 3 is 2.37 bits per heavy atom. The third kappa shape index (κ3) is 4.85. The largest absolute Gasteiger partial charge is 0.493 e. The van der Waals surface area contributed by atoms with Gasteiger partial charge in [-0.25, -0.2) is 4.79 Å². The van der Waals surface area contributed by atoms with E-state index in [0.717, 1.165) is 0 Å². The van der Waals surface area contributed by atoms with Crippen LogP contribution in [0.3, 0.4) is 0 Å². The standard InChI is InChI=1S/C21H24N2O6S/c1-6-8-14-9-13(10-15-19(25)22(3)21(30)23(4)20(15)26)11-16(27-5)18(14)29-12-17(24)28-7-2/h6,9-11H,1,7-8,12H2,2-5H3. The Labute approximate surface area is 180 Å². The third-order valence-corrected chi connectivity index (χ3v) is 4.88. The van der Waals surface area contributed by atoms with Crippen LogP contribution in [-0.2, 0) is 25.5 Å². The van der Waals surface area contributed by atoms with Crippen molar-refractivity contribution in [3.8, 4) is 11.5 Å². The van der Waals surface area contributed by atoms with Crippen molar-refractivity contribution in [1.29, 1.82) is 0 Å². The summed E-state index contributed by atoms with van der Waals surface area (Å²) in [5.74, 6) is -0.775. The summed E-state index contributed by atoms with van der Waals surface area (Å²) >= 11 is 5.10. The SMILES string of the molecule is C=CCc1cc(C=C2C(=O)N(C)C(=S)N(C)C2=O)cc(OC)c1OCC(=O)OCC. The molecule has 0 aromatic heterocycles. The molecule has 8 nitrogen and oxygen atoms in total. The van der Waals surface area contributed by atoms with Gasteiger partial charge in [-0.3, -0.25) is 19.4 Å². The van der Waals surface area contributed by atoms with Gasteiger partial charge in [0.25, 0.3) is 11.8 Å². The van der Waals surface area contributed by atoms with Crippen molar-refractivity contribution >= 4 is 41.2 Å². The molecule has 0 N–H and O–H groups in total. The number of allylic oxidation sites excluding steroid dienone is 1. The number of carbonyl (C=O) groups excluding carboxylic acids is 3. The molecule has 1 aromatic carbocycles. The fraction of sp³-hybridized carbons (Fsp3) is 0.333. The second-order valence-corrected chi connectivity index (χ2v) is 6.73. The molecule has 0 bridgehead atoms. The summed E-state index contributed by atoms with van der Waals surface area (Å²) in [6, 6.07) is 3.36. The minimum Gasteiger partial charge on any atom is -0.493 e. The first-order valence-corrected chi connectivity index (χ1v) is 9.57. The molecular formula is C21H24N2O6S. The topological polar surface area (TPSA) is 85.4 Å². The van der Waals surface area contributed by atoms with E-state index in [1.165, 1.54) is 37.1 Å². The van der Waals surface area contributed by atoms with Crippen molar-refractivity contribution in [2.75, 3.05) is 34.4 Å². The zero-order chi connectivity index (χ0) is 22.4. The predicted octanol–water partition coefficient (Wildman–Crippen LogP) is 1.96. The average molecular weight is 432 g/mol. The van der Waals surface area contributed by atoms with Crippen molar-refractivity contribution < 1.29 is 28.6 Å². The van der Waals surface area contributed by atoms with E-state index in [0.29, 0.717) is 29.0 Å². The number of likely N-dealkylation sites (N-methyl/N-ethyl adjacent to an activating group) is 2. The van der Waals surface area contributed by atoms with Gasteiger partial charge in [-0.15, -0.1) is 6.58 Å². The molecule has 1 aromatic rings. The number of esters is 1. The molecule has 0 saturated carbocycles. The van der Waals surface area contributed by atoms with Gasteiger partial charge in [-0.05, 0) is 49.3 Å². The quantitative estimate of drug-likeness (QED) is 0.204. The lowest BCUT2D eigenvalue weighted by Gasteiger charge is -2.31. The number of methoxy groups -OCH3 is 1. The molecule has 30 heavy (non-hydrogen) atoms. The van der Waals surface area contributed by atoms with Gasteiger partial charge in [0.1, 0.15) is 5.57 Å². The van der Waals surface area contributed by atoms with Crippen molar-refractivity contribution in [2.45, 2.75) is 13.3 Å². The summed E-state index contributed by atoms with van der Waals surface area (Å²) in [5.41, 5.74) is 1.20. The molecule has 2 amide bonds. The van der Waals surface area contributed by atoms with Crippen LogP contribution in [0.2, 0.25) is 0 Å². The van der Waals surface area contributed by atoms with Crippen molar-refractivity contribution in [3.05, 3.63) is 41.5 Å². The Morgan fingerprint density at radius 1 is 1.20 bits per heavy atom. The Morgan fingerprint density at radius 2 is 1.83 bits per heavy atom. The zero-order valence-corrected chi connectivity index (χ0v) is 18.2. The lowest BCUT2D eigenvalue weighted by atomic mass is 10.0. The van der Waals surface area contributed by atoms with Gasteiger partial charge < -0.3 is 14.2 Å². The maximum Gasteiger partial charge on any atom is 0.344 e. The summed E-state index contributed by atoms with van der Waals surface area (Å²) in [5, 5.41) is 0.134. The number of amides is 2. The van der Waals surface area contributed by atoms with Gasteiger partial charge in [0.2, 0.25) is 0 Å². The van der Waals surface area contributed by atoms with Crippen LogP contribution in [0.5, 0.6) is 11.5 Å². The molecule has 1 aliphatic heterocycles. The average Bonchev–Trinajstić information content (AvgIpc) is 2.73. The van der Waals surface area contributed by atoms with Gasteiger partial charge in [-0.1, -0.05) is 6.08 Å². The predicted molar refractivity (Wildman–Crippen MR) is 115 cm³/mol. The maximum absolute atomic E-state index is 12.6. The molecule has 1 heterocycles. The highest BCUT2D eigenvalue weighted by Gasteiger charge is 2.35. The second kappa shape index (κ2) is 10.0. The Bertz CT molecular complexity index is 898. The van der Waals surface area contributed by atoms with Crippen LogP contribution in [0, 0.1) is 0 Å². The van der Waals surface area contributed by atoms with E-state index < -0.39 is 17.8 Å². The summed E-state index contributed by atoms with van der Waals surface area (Å²) in [7, 11) is 4.48. The van der Waals surface area contributed by atoms with Crippen molar-refractivity contribution in [2.24, 2.45) is 0 Å². The van der Waals surface area contributed by atoms with Crippen molar-refractivity contribution in [3.63, 3.8) is 0 Å².